The summed E-state index contributed by atoms with van der Waals surface area (Å²) in [5.41, 5.74) is 2.55. The third-order valence-corrected chi connectivity index (χ3v) is 3.73. The van der Waals surface area contributed by atoms with Crippen LogP contribution in [0.4, 0.5) is 11.4 Å². The monoisotopic (exact) mass is 344 g/mol. The average Bonchev–Trinajstić information content (AvgIpc) is 2.60. The number of hydrogen-bond donors (Lipinski definition) is 2. The minimum atomic E-state index is -0.455. The number of aryl methyl sites for hydroxylation is 1. The molecule has 1 amide bonds. The predicted octanol–water partition coefficient (Wildman–Crippen LogP) is 3.46. The molecule has 6 nitrogen and oxygen atoms in total. The predicted molar refractivity (Wildman–Crippen MR) is 99.0 cm³/mol. The Morgan fingerprint density at radius 2 is 1.60 bits per heavy atom. The lowest BCUT2D eigenvalue weighted by Crippen LogP contribution is -2.31. The van der Waals surface area contributed by atoms with E-state index in [9.17, 15) is 4.79 Å². The molecule has 0 radical (unpaired) electrons. The summed E-state index contributed by atoms with van der Waals surface area (Å²) in [5.74, 6) is 1.41. The molecule has 2 aromatic rings. The van der Waals surface area contributed by atoms with Crippen LogP contribution in [0.2, 0.25) is 0 Å². The van der Waals surface area contributed by atoms with Crippen LogP contribution in [0.15, 0.2) is 36.4 Å². The highest BCUT2D eigenvalue weighted by atomic mass is 16.5. The van der Waals surface area contributed by atoms with Crippen LogP contribution < -0.4 is 24.8 Å². The Hall–Kier alpha value is -2.89. The molecule has 6 heteroatoms. The van der Waals surface area contributed by atoms with E-state index in [0.717, 1.165) is 11.3 Å². The second-order valence-corrected chi connectivity index (χ2v) is 5.64. The SMILES string of the molecule is COc1cc(N[C@@H](C)C(=O)Nc2cccc(C)c2)cc(OC)c1OC. The number of amides is 1. The molecule has 2 N–H and O–H groups in total. The highest BCUT2D eigenvalue weighted by molar-refractivity contribution is 5.96. The maximum absolute atomic E-state index is 12.4. The molecule has 0 spiro atoms. The summed E-state index contributed by atoms with van der Waals surface area (Å²) in [5, 5.41) is 6.04. The summed E-state index contributed by atoms with van der Waals surface area (Å²) in [4.78, 5) is 12.4. The van der Waals surface area contributed by atoms with Gasteiger partial charge in [0.05, 0.1) is 21.3 Å². The highest BCUT2D eigenvalue weighted by Crippen LogP contribution is 2.40. The van der Waals surface area contributed by atoms with Crippen LogP contribution in [0, 0.1) is 6.92 Å². The van der Waals surface area contributed by atoms with Gasteiger partial charge in [-0.1, -0.05) is 12.1 Å². The first-order chi connectivity index (χ1) is 12.0. The maximum Gasteiger partial charge on any atom is 0.246 e. The van der Waals surface area contributed by atoms with Gasteiger partial charge in [0, 0.05) is 23.5 Å². The van der Waals surface area contributed by atoms with Gasteiger partial charge >= 0.3 is 0 Å². The zero-order valence-electron chi connectivity index (χ0n) is 15.2. The lowest BCUT2D eigenvalue weighted by Gasteiger charge is -2.18. The Labute approximate surface area is 148 Å². The standard InChI is InChI=1S/C19H24N2O4/c1-12-7-6-8-14(9-12)21-19(22)13(2)20-15-10-16(23-3)18(25-5)17(11-15)24-4/h6-11,13,20H,1-5H3,(H,21,22)/t13-/m0/s1. The summed E-state index contributed by atoms with van der Waals surface area (Å²) in [6.07, 6.45) is 0. The van der Waals surface area contributed by atoms with Gasteiger partial charge in [-0.05, 0) is 31.5 Å². The van der Waals surface area contributed by atoms with Gasteiger partial charge in [0.2, 0.25) is 11.7 Å². The van der Waals surface area contributed by atoms with Gasteiger partial charge in [0.15, 0.2) is 11.5 Å². The largest absolute Gasteiger partial charge is 0.493 e. The van der Waals surface area contributed by atoms with Crippen molar-refractivity contribution in [3.05, 3.63) is 42.0 Å². The molecule has 0 saturated carbocycles. The van der Waals surface area contributed by atoms with E-state index in [1.54, 1.807) is 40.4 Å². The highest BCUT2D eigenvalue weighted by Gasteiger charge is 2.17. The molecule has 0 aromatic heterocycles. The van der Waals surface area contributed by atoms with Gasteiger partial charge in [0.1, 0.15) is 6.04 Å². The molecule has 0 aliphatic carbocycles. The van der Waals surface area contributed by atoms with Crippen LogP contribution >= 0.6 is 0 Å². The number of hydrogen-bond acceptors (Lipinski definition) is 5. The first-order valence-corrected chi connectivity index (χ1v) is 7.92. The molecule has 2 rings (SSSR count). The van der Waals surface area contributed by atoms with Gasteiger partial charge in [-0.25, -0.2) is 0 Å². The normalized spacial score (nSPS) is 11.4. The van der Waals surface area contributed by atoms with E-state index in [1.807, 2.05) is 31.2 Å². The van der Waals surface area contributed by atoms with Crippen LogP contribution in [-0.4, -0.2) is 33.3 Å². The minimum absolute atomic E-state index is 0.139. The summed E-state index contributed by atoms with van der Waals surface area (Å²) < 4.78 is 15.9. The van der Waals surface area contributed by atoms with Gasteiger partial charge in [-0.3, -0.25) is 4.79 Å². The van der Waals surface area contributed by atoms with Gasteiger partial charge < -0.3 is 24.8 Å². The number of benzene rings is 2. The van der Waals surface area contributed by atoms with Crippen molar-refractivity contribution in [2.24, 2.45) is 0 Å². The number of carbonyl (C=O) groups is 1. The molecule has 0 saturated heterocycles. The topological polar surface area (TPSA) is 68.8 Å². The smallest absolute Gasteiger partial charge is 0.246 e. The number of ether oxygens (including phenoxy) is 3. The van der Waals surface area contributed by atoms with Crippen molar-refractivity contribution in [1.29, 1.82) is 0 Å². The van der Waals surface area contributed by atoms with Crippen LogP contribution in [-0.2, 0) is 4.79 Å². The first kappa shape index (κ1) is 18.4. The third-order valence-electron chi connectivity index (χ3n) is 3.73. The summed E-state index contributed by atoms with van der Waals surface area (Å²) >= 11 is 0. The Kier molecular flexibility index (Phi) is 6.11. The zero-order valence-corrected chi connectivity index (χ0v) is 15.2. The van der Waals surface area contributed by atoms with Crippen LogP contribution in [0.5, 0.6) is 17.2 Å². The first-order valence-electron chi connectivity index (χ1n) is 7.92. The minimum Gasteiger partial charge on any atom is -0.493 e. The molecular weight excluding hydrogens is 320 g/mol. The number of carbonyl (C=O) groups excluding carboxylic acids is 1. The Morgan fingerprint density at radius 1 is 0.960 bits per heavy atom. The fourth-order valence-electron chi connectivity index (χ4n) is 2.45. The van der Waals surface area contributed by atoms with Crippen LogP contribution in [0.3, 0.4) is 0 Å². The quantitative estimate of drug-likeness (QED) is 0.805. The van der Waals surface area contributed by atoms with Crippen molar-refractivity contribution in [3.8, 4) is 17.2 Å². The molecule has 0 aliphatic rings. The van der Waals surface area contributed by atoms with Crippen molar-refractivity contribution in [2.45, 2.75) is 19.9 Å². The molecule has 0 unspecified atom stereocenters. The molecule has 134 valence electrons. The van der Waals surface area contributed by atoms with E-state index in [2.05, 4.69) is 10.6 Å². The summed E-state index contributed by atoms with van der Waals surface area (Å²) in [7, 11) is 4.65. The number of anilines is 2. The second-order valence-electron chi connectivity index (χ2n) is 5.64. The van der Waals surface area contributed by atoms with E-state index in [4.69, 9.17) is 14.2 Å². The molecule has 0 bridgehead atoms. The maximum atomic E-state index is 12.4. The molecule has 0 aliphatic heterocycles. The van der Waals surface area contributed by atoms with Crippen molar-refractivity contribution in [3.63, 3.8) is 0 Å². The molecule has 0 fully saturated rings. The number of rotatable bonds is 7. The molecule has 2 aromatic carbocycles. The molecule has 0 heterocycles. The van der Waals surface area contributed by atoms with Gasteiger partial charge in [-0.2, -0.15) is 0 Å². The van der Waals surface area contributed by atoms with Gasteiger partial charge in [0.25, 0.3) is 0 Å². The lowest BCUT2D eigenvalue weighted by atomic mass is 10.2. The van der Waals surface area contributed by atoms with Crippen LogP contribution in [0.25, 0.3) is 0 Å². The average molecular weight is 344 g/mol. The Morgan fingerprint density at radius 3 is 2.12 bits per heavy atom. The van der Waals surface area contributed by atoms with E-state index < -0.39 is 6.04 Å². The van der Waals surface area contributed by atoms with Gasteiger partial charge in [-0.15, -0.1) is 0 Å². The van der Waals surface area contributed by atoms with E-state index >= 15 is 0 Å². The fourth-order valence-corrected chi connectivity index (χ4v) is 2.45. The molecule has 25 heavy (non-hydrogen) atoms. The van der Waals surface area contributed by atoms with E-state index in [-0.39, 0.29) is 5.91 Å². The molecule has 1 atom stereocenters. The lowest BCUT2D eigenvalue weighted by molar-refractivity contribution is -0.116. The fraction of sp³-hybridized carbons (Fsp3) is 0.316. The van der Waals surface area contributed by atoms with Crippen molar-refractivity contribution >= 4 is 17.3 Å². The van der Waals surface area contributed by atoms with E-state index in [0.29, 0.717) is 22.9 Å². The van der Waals surface area contributed by atoms with Crippen molar-refractivity contribution < 1.29 is 19.0 Å². The summed E-state index contributed by atoms with van der Waals surface area (Å²) in [6, 6.07) is 10.7. The Balaban J connectivity index is 2.13. The van der Waals surface area contributed by atoms with Crippen molar-refractivity contribution in [2.75, 3.05) is 32.0 Å². The number of nitrogens with one attached hydrogen (secondary N) is 2. The third kappa shape index (κ3) is 4.56. The Bertz CT molecular complexity index is 721. The zero-order chi connectivity index (χ0) is 18.4. The van der Waals surface area contributed by atoms with E-state index in [1.165, 1.54) is 0 Å². The van der Waals surface area contributed by atoms with Crippen LogP contribution in [0.1, 0.15) is 12.5 Å². The number of methoxy groups -OCH3 is 3. The summed E-state index contributed by atoms with van der Waals surface area (Å²) in [6.45, 7) is 3.77. The van der Waals surface area contributed by atoms with Crippen molar-refractivity contribution in [1.82, 2.24) is 0 Å². The second kappa shape index (κ2) is 8.28. The molecular formula is C19H24N2O4.